The van der Waals surface area contributed by atoms with E-state index in [1.165, 1.54) is 0 Å². The smallest absolute Gasteiger partial charge is 0.150 e. The summed E-state index contributed by atoms with van der Waals surface area (Å²) in [5.74, 6) is -1.13. The highest BCUT2D eigenvalue weighted by Gasteiger charge is 2.13. The molecule has 0 spiro atoms. The van der Waals surface area contributed by atoms with Crippen molar-refractivity contribution < 1.29 is 18.4 Å². The molecule has 0 aromatic heterocycles. The van der Waals surface area contributed by atoms with Crippen molar-refractivity contribution in [3.8, 4) is 22.3 Å². The third-order valence-corrected chi connectivity index (χ3v) is 3.77. The predicted octanol–water partition coefficient (Wildman–Crippen LogP) is 4.92. The molecule has 4 heteroatoms. The van der Waals surface area contributed by atoms with Gasteiger partial charge in [-0.3, -0.25) is 9.59 Å². The van der Waals surface area contributed by atoms with E-state index in [0.717, 1.165) is 12.1 Å². The van der Waals surface area contributed by atoms with Gasteiger partial charge in [-0.1, -0.05) is 48.5 Å². The zero-order valence-corrected chi connectivity index (χ0v) is 12.5. The Balaban J connectivity index is 2.03. The molecule has 0 aliphatic rings. The van der Waals surface area contributed by atoms with E-state index in [1.54, 1.807) is 48.5 Å². The third-order valence-electron chi connectivity index (χ3n) is 3.77. The van der Waals surface area contributed by atoms with Crippen LogP contribution in [0.25, 0.3) is 22.3 Å². The minimum Gasteiger partial charge on any atom is -0.298 e. The molecule has 0 amide bonds. The molecule has 0 bridgehead atoms. The van der Waals surface area contributed by atoms with Gasteiger partial charge in [0.25, 0.3) is 0 Å². The third kappa shape index (κ3) is 2.99. The molecule has 0 aliphatic heterocycles. The Morgan fingerprint density at radius 1 is 0.583 bits per heavy atom. The summed E-state index contributed by atoms with van der Waals surface area (Å²) in [4.78, 5) is 21.3. The van der Waals surface area contributed by atoms with Gasteiger partial charge in [0, 0.05) is 22.3 Å². The zero-order chi connectivity index (χ0) is 17.1. The summed E-state index contributed by atoms with van der Waals surface area (Å²) < 4.78 is 28.9. The van der Waals surface area contributed by atoms with Crippen molar-refractivity contribution in [1.29, 1.82) is 0 Å². The lowest BCUT2D eigenvalue weighted by atomic mass is 9.98. The van der Waals surface area contributed by atoms with E-state index >= 15 is 0 Å². The van der Waals surface area contributed by atoms with E-state index in [4.69, 9.17) is 0 Å². The Bertz CT molecular complexity index is 821. The number of benzene rings is 3. The maximum atomic E-state index is 14.4. The number of aldehydes is 2. The van der Waals surface area contributed by atoms with Gasteiger partial charge < -0.3 is 0 Å². The average molecular weight is 322 g/mol. The molecular formula is C20H12F2O2. The molecule has 0 N–H and O–H groups in total. The maximum absolute atomic E-state index is 14.4. The first-order chi connectivity index (χ1) is 11.6. The van der Waals surface area contributed by atoms with Crippen LogP contribution in [0.15, 0.2) is 60.7 Å². The van der Waals surface area contributed by atoms with Crippen LogP contribution in [0.1, 0.15) is 20.7 Å². The average Bonchev–Trinajstić information content (AvgIpc) is 2.63. The number of hydrogen-bond donors (Lipinski definition) is 0. The molecule has 3 rings (SSSR count). The number of halogens is 2. The fourth-order valence-electron chi connectivity index (χ4n) is 2.47. The summed E-state index contributed by atoms with van der Waals surface area (Å²) in [6, 6.07) is 14.7. The van der Waals surface area contributed by atoms with Crippen molar-refractivity contribution in [1.82, 2.24) is 0 Å². The van der Waals surface area contributed by atoms with E-state index in [1.807, 2.05) is 0 Å². The van der Waals surface area contributed by atoms with E-state index in [-0.39, 0.29) is 11.1 Å². The van der Waals surface area contributed by atoms with Crippen LogP contribution >= 0.6 is 0 Å². The number of rotatable bonds is 4. The highest BCUT2D eigenvalue weighted by atomic mass is 19.1. The second kappa shape index (κ2) is 6.54. The molecule has 0 fully saturated rings. The van der Waals surface area contributed by atoms with Gasteiger partial charge in [-0.25, -0.2) is 8.78 Å². The first-order valence-electron chi connectivity index (χ1n) is 7.22. The van der Waals surface area contributed by atoms with Crippen molar-refractivity contribution in [2.24, 2.45) is 0 Å². The van der Waals surface area contributed by atoms with Crippen molar-refractivity contribution in [3.05, 3.63) is 83.4 Å². The largest absolute Gasteiger partial charge is 0.298 e. The Hall–Kier alpha value is -3.14. The van der Waals surface area contributed by atoms with Crippen molar-refractivity contribution >= 4 is 12.6 Å². The lowest BCUT2D eigenvalue weighted by Gasteiger charge is -2.09. The molecule has 3 aromatic rings. The molecule has 118 valence electrons. The van der Waals surface area contributed by atoms with Crippen LogP contribution in [0, 0.1) is 11.6 Å². The SMILES string of the molecule is O=Cc1ccc(-c2cc(F)c(-c3ccc(C=O)cc3)cc2F)cc1. The van der Waals surface area contributed by atoms with Gasteiger partial charge in [0.05, 0.1) is 0 Å². The highest BCUT2D eigenvalue weighted by molar-refractivity contribution is 5.79. The van der Waals surface area contributed by atoms with E-state index in [2.05, 4.69) is 0 Å². The summed E-state index contributed by atoms with van der Waals surface area (Å²) in [6.07, 6.45) is 1.37. The molecular weight excluding hydrogens is 310 g/mol. The Morgan fingerprint density at radius 3 is 1.21 bits per heavy atom. The summed E-state index contributed by atoms with van der Waals surface area (Å²) >= 11 is 0. The van der Waals surface area contributed by atoms with Gasteiger partial charge in [0.1, 0.15) is 24.2 Å². The summed E-state index contributed by atoms with van der Waals surface area (Å²) in [6.45, 7) is 0. The van der Waals surface area contributed by atoms with Gasteiger partial charge in [-0.2, -0.15) is 0 Å². The minimum absolute atomic E-state index is 0.123. The Kier molecular flexibility index (Phi) is 4.29. The summed E-state index contributed by atoms with van der Waals surface area (Å²) in [5.41, 5.74) is 2.15. The van der Waals surface area contributed by atoms with Crippen LogP contribution in [0.3, 0.4) is 0 Å². The van der Waals surface area contributed by atoms with Crippen LogP contribution in [0.2, 0.25) is 0 Å². The lowest BCUT2D eigenvalue weighted by Crippen LogP contribution is -1.92. The fourth-order valence-corrected chi connectivity index (χ4v) is 2.47. The molecule has 0 atom stereocenters. The summed E-state index contributed by atoms with van der Waals surface area (Å²) in [7, 11) is 0. The van der Waals surface area contributed by atoms with Gasteiger partial charge >= 0.3 is 0 Å². The van der Waals surface area contributed by atoms with Crippen molar-refractivity contribution in [2.75, 3.05) is 0 Å². The van der Waals surface area contributed by atoms with Crippen LogP contribution in [-0.2, 0) is 0 Å². The predicted molar refractivity (Wildman–Crippen MR) is 88.0 cm³/mol. The normalized spacial score (nSPS) is 10.4. The maximum Gasteiger partial charge on any atom is 0.150 e. The zero-order valence-electron chi connectivity index (χ0n) is 12.5. The second-order valence-corrected chi connectivity index (χ2v) is 5.29. The summed E-state index contributed by atoms with van der Waals surface area (Å²) in [5, 5.41) is 0. The Labute approximate surface area is 137 Å². The van der Waals surface area contributed by atoms with Crippen LogP contribution < -0.4 is 0 Å². The number of carbonyl (C=O) groups is 2. The first kappa shape index (κ1) is 15.7. The molecule has 0 radical (unpaired) electrons. The van der Waals surface area contributed by atoms with Crippen LogP contribution in [0.5, 0.6) is 0 Å². The van der Waals surface area contributed by atoms with Crippen LogP contribution in [-0.4, -0.2) is 12.6 Å². The lowest BCUT2D eigenvalue weighted by molar-refractivity contribution is 0.111. The Morgan fingerprint density at radius 2 is 0.917 bits per heavy atom. The molecule has 3 aromatic carbocycles. The highest BCUT2D eigenvalue weighted by Crippen LogP contribution is 2.31. The molecule has 0 saturated carbocycles. The van der Waals surface area contributed by atoms with Crippen molar-refractivity contribution in [2.45, 2.75) is 0 Å². The molecule has 0 unspecified atom stereocenters. The first-order valence-corrected chi connectivity index (χ1v) is 7.22. The van der Waals surface area contributed by atoms with E-state index in [0.29, 0.717) is 34.8 Å². The number of carbonyl (C=O) groups excluding carboxylic acids is 2. The fraction of sp³-hybridized carbons (Fsp3) is 0. The van der Waals surface area contributed by atoms with Gasteiger partial charge in [0.15, 0.2) is 0 Å². The van der Waals surface area contributed by atoms with Crippen molar-refractivity contribution in [3.63, 3.8) is 0 Å². The van der Waals surface area contributed by atoms with Gasteiger partial charge in [-0.15, -0.1) is 0 Å². The molecule has 0 saturated heterocycles. The molecule has 2 nitrogen and oxygen atoms in total. The standard InChI is InChI=1S/C20H12F2O2/c21-19-10-18(16-7-3-14(12-24)4-8-16)20(22)9-17(19)15-5-1-13(11-23)2-6-15/h1-12H. The monoisotopic (exact) mass is 322 g/mol. The quantitative estimate of drug-likeness (QED) is 0.639. The molecule has 24 heavy (non-hydrogen) atoms. The van der Waals surface area contributed by atoms with E-state index in [9.17, 15) is 18.4 Å². The van der Waals surface area contributed by atoms with E-state index < -0.39 is 11.6 Å². The second-order valence-electron chi connectivity index (χ2n) is 5.29. The minimum atomic E-state index is -0.565. The topological polar surface area (TPSA) is 34.1 Å². The van der Waals surface area contributed by atoms with Crippen LogP contribution in [0.4, 0.5) is 8.78 Å². The van der Waals surface area contributed by atoms with Gasteiger partial charge in [0.2, 0.25) is 0 Å². The molecule has 0 aliphatic carbocycles. The number of hydrogen-bond acceptors (Lipinski definition) is 2. The van der Waals surface area contributed by atoms with Gasteiger partial charge in [-0.05, 0) is 23.3 Å². The molecule has 0 heterocycles.